The first-order valence-electron chi connectivity index (χ1n) is 11.3. The van der Waals surface area contributed by atoms with Crippen LogP contribution in [-0.4, -0.2) is 44.2 Å². The molecule has 11 heteroatoms. The Labute approximate surface area is 210 Å². The van der Waals surface area contributed by atoms with Crippen molar-refractivity contribution in [2.75, 3.05) is 37.2 Å². The van der Waals surface area contributed by atoms with Crippen LogP contribution in [-0.2, 0) is 4.79 Å². The number of rotatable bonds is 5. The molecule has 0 aliphatic carbocycles. The number of ether oxygens (including phenoxy) is 1. The van der Waals surface area contributed by atoms with Gasteiger partial charge in [0.2, 0.25) is 0 Å². The second-order valence-electron chi connectivity index (χ2n) is 8.31. The van der Waals surface area contributed by atoms with E-state index in [9.17, 15) is 22.8 Å². The zero-order chi connectivity index (χ0) is 25.9. The Morgan fingerprint density at radius 1 is 1.00 bits per heavy atom. The van der Waals surface area contributed by atoms with E-state index in [0.717, 1.165) is 36.2 Å². The van der Waals surface area contributed by atoms with E-state index < -0.39 is 23.8 Å². The Kier molecular flexibility index (Phi) is 7.67. The smallest absolute Gasteiger partial charge is 0.417 e. The summed E-state index contributed by atoms with van der Waals surface area (Å²) >= 11 is 6.40. The first-order valence-corrected chi connectivity index (χ1v) is 11.7. The maximum atomic E-state index is 13.1. The lowest BCUT2D eigenvalue weighted by atomic mass is 9.97. The number of nitrogen functional groups attached to an aromatic ring is 1. The minimum atomic E-state index is -5.27. The Morgan fingerprint density at radius 3 is 2.25 bits per heavy atom. The topological polar surface area (TPSA) is 105 Å². The highest BCUT2D eigenvalue weighted by Crippen LogP contribution is 2.39. The van der Waals surface area contributed by atoms with Crippen LogP contribution in [0.1, 0.15) is 34.3 Å². The molecular weight excluding hydrogens is 497 g/mol. The molecule has 7 nitrogen and oxygen atoms in total. The molecule has 0 bridgehead atoms. The monoisotopic (exact) mass is 520 g/mol. The number of nitrogens with two attached hydrogens (primary N) is 1. The van der Waals surface area contributed by atoms with Crippen molar-refractivity contribution in [1.29, 1.82) is 0 Å². The summed E-state index contributed by atoms with van der Waals surface area (Å²) in [5.74, 6) is -3.97. The van der Waals surface area contributed by atoms with E-state index in [2.05, 4.69) is 26.8 Å². The number of alkyl halides is 3. The van der Waals surface area contributed by atoms with Gasteiger partial charge < -0.3 is 26.4 Å². The summed E-state index contributed by atoms with van der Waals surface area (Å²) in [6, 6.07) is 7.94. The molecule has 0 aromatic heterocycles. The quantitative estimate of drug-likeness (QED) is 0.265. The van der Waals surface area contributed by atoms with E-state index in [1.165, 1.54) is 12.1 Å². The van der Waals surface area contributed by atoms with Crippen LogP contribution in [0.3, 0.4) is 0 Å². The summed E-state index contributed by atoms with van der Waals surface area (Å²) in [6.45, 7) is 2.78. The average Bonchev–Trinajstić information content (AvgIpc) is 2.86. The van der Waals surface area contributed by atoms with Gasteiger partial charge in [-0.05, 0) is 66.4 Å². The molecule has 0 fully saturated rings. The van der Waals surface area contributed by atoms with Crippen molar-refractivity contribution in [2.45, 2.75) is 19.0 Å². The highest BCUT2D eigenvalue weighted by Gasteiger charge is 2.42. The zero-order valence-electron chi connectivity index (χ0n) is 19.1. The van der Waals surface area contributed by atoms with Crippen LogP contribution in [0.25, 0.3) is 11.1 Å². The van der Waals surface area contributed by atoms with Crippen LogP contribution in [0.15, 0.2) is 42.5 Å². The number of carbonyl (C=O) groups is 2. The van der Waals surface area contributed by atoms with Gasteiger partial charge >= 0.3 is 12.1 Å². The van der Waals surface area contributed by atoms with Gasteiger partial charge in [0.15, 0.2) is 5.75 Å². The number of esters is 1. The molecule has 2 heterocycles. The standard InChI is InChI=1S/C25H24ClF3N4O3/c26-21-17(15-7-11-32-12-8-15)2-3-18(22(21)36-24(35)25(27,28)29)23(34)33-20-4-1-16(13-19(20)30)14-5-9-31-10-6-14/h1-5,7,13,31-32H,6,8-12,30H2,(H,33,34). The molecule has 0 saturated carbocycles. The molecule has 0 spiro atoms. The zero-order valence-corrected chi connectivity index (χ0v) is 19.9. The number of benzene rings is 2. The SMILES string of the molecule is Nc1cc(C2=CCNCC2)ccc1NC(=O)c1ccc(C2=CCNCC2)c(Cl)c1OC(=O)C(F)(F)F. The van der Waals surface area contributed by atoms with Gasteiger partial charge in [-0.1, -0.05) is 35.9 Å². The third kappa shape index (κ3) is 5.72. The van der Waals surface area contributed by atoms with E-state index in [-0.39, 0.29) is 22.0 Å². The van der Waals surface area contributed by atoms with Crippen LogP contribution >= 0.6 is 11.6 Å². The lowest BCUT2D eigenvalue weighted by Crippen LogP contribution is -2.29. The first-order chi connectivity index (χ1) is 17.1. The van der Waals surface area contributed by atoms with Crippen molar-refractivity contribution >= 4 is 46.0 Å². The molecule has 0 saturated heterocycles. The van der Waals surface area contributed by atoms with E-state index >= 15 is 0 Å². The van der Waals surface area contributed by atoms with E-state index in [1.54, 1.807) is 18.2 Å². The van der Waals surface area contributed by atoms with Gasteiger partial charge in [0.25, 0.3) is 5.91 Å². The Bertz CT molecular complexity index is 1260. The Morgan fingerprint density at radius 2 is 1.67 bits per heavy atom. The number of nitrogens with one attached hydrogen (secondary N) is 3. The van der Waals surface area contributed by atoms with Gasteiger partial charge in [-0.3, -0.25) is 4.79 Å². The van der Waals surface area contributed by atoms with Crippen molar-refractivity contribution < 1.29 is 27.5 Å². The van der Waals surface area contributed by atoms with E-state index in [1.807, 2.05) is 6.08 Å². The summed E-state index contributed by atoms with van der Waals surface area (Å²) in [5, 5.41) is 8.67. The molecule has 4 rings (SSSR count). The second-order valence-corrected chi connectivity index (χ2v) is 8.69. The van der Waals surface area contributed by atoms with E-state index in [4.69, 9.17) is 17.3 Å². The van der Waals surface area contributed by atoms with Crippen molar-refractivity contribution in [2.24, 2.45) is 0 Å². The van der Waals surface area contributed by atoms with Gasteiger partial charge in [-0.15, -0.1) is 0 Å². The molecule has 2 aliphatic heterocycles. The van der Waals surface area contributed by atoms with Crippen molar-refractivity contribution in [1.82, 2.24) is 10.6 Å². The molecular formula is C25H24ClF3N4O3. The number of amides is 1. The minimum absolute atomic E-state index is 0.255. The molecule has 2 aliphatic rings. The van der Waals surface area contributed by atoms with Crippen molar-refractivity contribution in [3.8, 4) is 5.75 Å². The fourth-order valence-corrected chi connectivity index (χ4v) is 4.38. The highest BCUT2D eigenvalue weighted by molar-refractivity contribution is 6.35. The Balaban J connectivity index is 1.66. The fourth-order valence-electron chi connectivity index (χ4n) is 4.05. The molecule has 0 atom stereocenters. The first kappa shape index (κ1) is 25.7. The number of carbonyl (C=O) groups excluding carboxylic acids is 2. The van der Waals surface area contributed by atoms with Crippen LogP contribution in [0, 0.1) is 0 Å². The van der Waals surface area contributed by atoms with E-state index in [0.29, 0.717) is 25.1 Å². The lowest BCUT2D eigenvalue weighted by Gasteiger charge is -2.19. The maximum Gasteiger partial charge on any atom is 0.491 e. The normalized spacial score (nSPS) is 16.1. The van der Waals surface area contributed by atoms with Crippen LogP contribution in [0.2, 0.25) is 5.02 Å². The van der Waals surface area contributed by atoms with Gasteiger partial charge in [0.05, 0.1) is 22.0 Å². The van der Waals surface area contributed by atoms with Gasteiger partial charge in [-0.2, -0.15) is 13.2 Å². The molecule has 190 valence electrons. The molecule has 0 radical (unpaired) electrons. The maximum absolute atomic E-state index is 13.1. The van der Waals surface area contributed by atoms with Gasteiger partial charge in [0, 0.05) is 13.1 Å². The molecule has 2 aromatic carbocycles. The number of hydrogen-bond donors (Lipinski definition) is 4. The minimum Gasteiger partial charge on any atom is -0.417 e. The molecule has 36 heavy (non-hydrogen) atoms. The summed E-state index contributed by atoms with van der Waals surface area (Å²) in [6.07, 6.45) is 0.00742. The summed E-state index contributed by atoms with van der Waals surface area (Å²) in [7, 11) is 0. The summed E-state index contributed by atoms with van der Waals surface area (Å²) < 4.78 is 43.6. The summed E-state index contributed by atoms with van der Waals surface area (Å²) in [4.78, 5) is 24.8. The van der Waals surface area contributed by atoms with Crippen molar-refractivity contribution in [3.63, 3.8) is 0 Å². The Hall–Kier alpha value is -3.34. The van der Waals surface area contributed by atoms with Crippen LogP contribution in [0.5, 0.6) is 5.75 Å². The molecule has 1 amide bonds. The predicted octanol–water partition coefficient (Wildman–Crippen LogP) is 4.40. The number of hydrogen-bond acceptors (Lipinski definition) is 6. The fraction of sp³-hybridized carbons (Fsp3) is 0.280. The third-order valence-electron chi connectivity index (χ3n) is 5.91. The van der Waals surface area contributed by atoms with Crippen LogP contribution in [0.4, 0.5) is 24.5 Å². The van der Waals surface area contributed by atoms with Crippen LogP contribution < -0.4 is 26.4 Å². The lowest BCUT2D eigenvalue weighted by molar-refractivity contribution is -0.189. The summed E-state index contributed by atoms with van der Waals surface area (Å²) in [5.41, 5.74) is 9.53. The third-order valence-corrected chi connectivity index (χ3v) is 6.29. The molecule has 5 N–H and O–H groups in total. The van der Waals surface area contributed by atoms with Crippen molar-refractivity contribution in [3.05, 3.63) is 64.2 Å². The van der Waals surface area contributed by atoms with Gasteiger partial charge in [-0.25, -0.2) is 4.79 Å². The highest BCUT2D eigenvalue weighted by atomic mass is 35.5. The molecule has 2 aromatic rings. The van der Waals surface area contributed by atoms with Gasteiger partial charge in [0.1, 0.15) is 0 Å². The second kappa shape index (κ2) is 10.7. The molecule has 0 unspecified atom stereocenters. The number of halogens is 4. The average molecular weight is 521 g/mol. The number of anilines is 2. The largest absolute Gasteiger partial charge is 0.491 e. The predicted molar refractivity (Wildman–Crippen MR) is 133 cm³/mol.